The summed E-state index contributed by atoms with van der Waals surface area (Å²) in [6.45, 7) is 5.89. The largest absolute Gasteiger partial charge is 0.476 e. The van der Waals surface area contributed by atoms with E-state index in [1.54, 1.807) is 36.4 Å². The van der Waals surface area contributed by atoms with Crippen LogP contribution in [0.1, 0.15) is 26.3 Å². The molecule has 1 aliphatic heterocycles. The molecule has 1 N–H and O–H groups in total. The van der Waals surface area contributed by atoms with Crippen LogP contribution < -0.4 is 14.4 Å². The molecule has 1 heterocycles. The third-order valence-corrected chi connectivity index (χ3v) is 6.64. The van der Waals surface area contributed by atoms with Crippen molar-refractivity contribution in [3.8, 4) is 5.75 Å². The lowest BCUT2D eigenvalue weighted by Gasteiger charge is -2.35. The van der Waals surface area contributed by atoms with E-state index < -0.39 is 16.1 Å². The van der Waals surface area contributed by atoms with Gasteiger partial charge in [0, 0.05) is 6.04 Å². The van der Waals surface area contributed by atoms with E-state index in [4.69, 9.17) is 4.74 Å². The number of carbonyl (C=O) groups excluding carboxylic acids is 1. The van der Waals surface area contributed by atoms with Crippen LogP contribution in [0.25, 0.3) is 0 Å². The maximum Gasteiger partial charge on any atom is 0.263 e. The zero-order chi connectivity index (χ0) is 20.3. The van der Waals surface area contributed by atoms with Gasteiger partial charge >= 0.3 is 0 Å². The van der Waals surface area contributed by atoms with Gasteiger partial charge in [-0.05, 0) is 30.5 Å². The third-order valence-electron chi connectivity index (χ3n) is 4.92. The Morgan fingerprint density at radius 2 is 1.75 bits per heavy atom. The second-order valence-corrected chi connectivity index (χ2v) is 9.28. The summed E-state index contributed by atoms with van der Waals surface area (Å²) in [5.74, 6) is 0.204. The molecule has 2 atom stereocenters. The van der Waals surface area contributed by atoms with Gasteiger partial charge in [0.2, 0.25) is 10.0 Å². The Bertz CT molecular complexity index is 928. The molecule has 1 aliphatic rings. The van der Waals surface area contributed by atoms with Gasteiger partial charge in [0.15, 0.2) is 6.10 Å². The van der Waals surface area contributed by atoms with Crippen LogP contribution in [0.5, 0.6) is 5.75 Å². The van der Waals surface area contributed by atoms with Gasteiger partial charge < -0.3 is 10.1 Å². The smallest absolute Gasteiger partial charge is 0.263 e. The Hall–Kier alpha value is -2.54. The number of amides is 1. The normalized spacial score (nSPS) is 17.6. The summed E-state index contributed by atoms with van der Waals surface area (Å²) in [5.41, 5.74) is 1.15. The number of fused-ring (bicyclic) bond motifs is 1. The maximum atomic E-state index is 13.2. The van der Waals surface area contributed by atoms with Gasteiger partial charge in [-0.1, -0.05) is 56.3 Å². The number of hydrogen-bond acceptors (Lipinski definition) is 4. The highest BCUT2D eigenvalue weighted by Gasteiger charge is 2.37. The zero-order valence-corrected chi connectivity index (χ0v) is 17.1. The molecule has 0 saturated heterocycles. The Labute approximate surface area is 166 Å². The van der Waals surface area contributed by atoms with Crippen molar-refractivity contribution in [2.45, 2.75) is 38.7 Å². The van der Waals surface area contributed by atoms with E-state index in [1.807, 2.05) is 39.0 Å². The predicted molar refractivity (Wildman–Crippen MR) is 110 cm³/mol. The molecule has 2 aromatic rings. The molecule has 3 rings (SSSR count). The molecule has 0 aliphatic carbocycles. The third kappa shape index (κ3) is 4.47. The highest BCUT2D eigenvalue weighted by Crippen LogP contribution is 2.35. The van der Waals surface area contributed by atoms with Gasteiger partial charge in [-0.25, -0.2) is 8.42 Å². The van der Waals surface area contributed by atoms with Crippen LogP contribution in [0.3, 0.4) is 0 Å². The van der Waals surface area contributed by atoms with Crippen LogP contribution >= 0.6 is 0 Å². The van der Waals surface area contributed by atoms with E-state index in [0.29, 0.717) is 17.0 Å². The fourth-order valence-corrected chi connectivity index (χ4v) is 4.53. The van der Waals surface area contributed by atoms with E-state index >= 15 is 0 Å². The van der Waals surface area contributed by atoms with E-state index in [0.717, 1.165) is 0 Å². The van der Waals surface area contributed by atoms with E-state index in [1.165, 1.54) is 4.31 Å². The maximum absolute atomic E-state index is 13.2. The van der Waals surface area contributed by atoms with Crippen molar-refractivity contribution >= 4 is 21.6 Å². The van der Waals surface area contributed by atoms with E-state index in [-0.39, 0.29) is 30.2 Å². The molecule has 6 nitrogen and oxygen atoms in total. The number of sulfonamides is 1. The number of hydrogen-bond donors (Lipinski definition) is 1. The van der Waals surface area contributed by atoms with Crippen LogP contribution in [0, 0.1) is 5.92 Å². The average Bonchev–Trinajstić information content (AvgIpc) is 2.67. The van der Waals surface area contributed by atoms with Crippen LogP contribution in [-0.4, -0.2) is 33.0 Å². The van der Waals surface area contributed by atoms with Gasteiger partial charge in [0.1, 0.15) is 5.75 Å². The van der Waals surface area contributed by atoms with Crippen molar-refractivity contribution < 1.29 is 17.9 Å². The topological polar surface area (TPSA) is 75.7 Å². The van der Waals surface area contributed by atoms with Crippen molar-refractivity contribution in [1.29, 1.82) is 0 Å². The molecule has 0 saturated carbocycles. The first-order valence-electron chi connectivity index (χ1n) is 9.38. The summed E-state index contributed by atoms with van der Waals surface area (Å²) in [5, 5.41) is 2.92. The van der Waals surface area contributed by atoms with Crippen LogP contribution in [-0.2, 0) is 20.6 Å². The number of rotatable bonds is 6. The lowest BCUT2D eigenvalue weighted by atomic mass is 10.1. The number of anilines is 1. The molecule has 2 aromatic carbocycles. The molecule has 0 fully saturated rings. The fraction of sp³-hybridized carbons (Fsp3) is 0.381. The lowest BCUT2D eigenvalue weighted by Crippen LogP contribution is -2.53. The Kier molecular flexibility index (Phi) is 5.93. The predicted octanol–water partition coefficient (Wildman–Crippen LogP) is 2.94. The molecule has 0 radical (unpaired) electrons. The van der Waals surface area contributed by atoms with Crippen molar-refractivity contribution in [2.75, 3.05) is 10.8 Å². The van der Waals surface area contributed by atoms with Crippen LogP contribution in [0.2, 0.25) is 0 Å². The molecule has 150 valence electrons. The highest BCUT2D eigenvalue weighted by atomic mass is 32.2. The van der Waals surface area contributed by atoms with Crippen LogP contribution in [0.4, 0.5) is 5.69 Å². The van der Waals surface area contributed by atoms with Gasteiger partial charge in [-0.3, -0.25) is 9.10 Å². The number of nitrogens with zero attached hydrogens (tertiary/aromatic N) is 1. The molecule has 28 heavy (non-hydrogen) atoms. The molecule has 0 aromatic heterocycles. The summed E-state index contributed by atoms with van der Waals surface area (Å²) in [4.78, 5) is 12.7. The minimum atomic E-state index is -3.69. The molecule has 7 heteroatoms. The first kappa shape index (κ1) is 20.2. The monoisotopic (exact) mass is 402 g/mol. The van der Waals surface area contributed by atoms with Crippen molar-refractivity contribution in [3.05, 3.63) is 60.2 Å². The first-order valence-corrected chi connectivity index (χ1v) is 11.0. The molecule has 1 amide bonds. The summed E-state index contributed by atoms with van der Waals surface area (Å²) in [7, 11) is -3.69. The summed E-state index contributed by atoms with van der Waals surface area (Å²) in [6, 6.07) is 15.9. The minimum Gasteiger partial charge on any atom is -0.476 e. The number of benzene rings is 2. The second-order valence-electron chi connectivity index (χ2n) is 7.39. The van der Waals surface area contributed by atoms with E-state index in [2.05, 4.69) is 5.32 Å². The number of ether oxygens (including phenoxy) is 1. The van der Waals surface area contributed by atoms with Crippen molar-refractivity contribution in [1.82, 2.24) is 5.32 Å². The molecule has 0 bridgehead atoms. The Morgan fingerprint density at radius 1 is 1.11 bits per heavy atom. The minimum absolute atomic E-state index is 0.0392. The first-order chi connectivity index (χ1) is 13.3. The zero-order valence-electron chi connectivity index (χ0n) is 16.3. The highest BCUT2D eigenvalue weighted by molar-refractivity contribution is 7.92. The number of para-hydroxylation sites is 2. The molecule has 0 unspecified atom stereocenters. The summed E-state index contributed by atoms with van der Waals surface area (Å²) in [6.07, 6.45) is -0.901. The standard InChI is InChI=1S/C21H26N2O4S/c1-15(2)16(3)22-21(24)20-13-23(18-11-7-8-12-19(18)27-20)28(25,26)14-17-9-5-4-6-10-17/h4-12,15-16,20H,13-14H2,1-3H3,(H,22,24)/t16-,20-/m0/s1. The quantitative estimate of drug-likeness (QED) is 0.806. The SMILES string of the molecule is CC(C)[C@H](C)NC(=O)[C@@H]1CN(S(=O)(=O)Cc2ccccc2)c2ccccc2O1. The fourth-order valence-electron chi connectivity index (χ4n) is 2.95. The van der Waals surface area contributed by atoms with Gasteiger partial charge in [-0.15, -0.1) is 0 Å². The van der Waals surface area contributed by atoms with Crippen molar-refractivity contribution in [3.63, 3.8) is 0 Å². The average molecular weight is 403 g/mol. The van der Waals surface area contributed by atoms with Crippen LogP contribution in [0.15, 0.2) is 54.6 Å². The lowest BCUT2D eigenvalue weighted by molar-refractivity contribution is -0.128. The number of nitrogens with one attached hydrogen (secondary N) is 1. The summed E-state index contributed by atoms with van der Waals surface area (Å²) >= 11 is 0. The van der Waals surface area contributed by atoms with Gasteiger partial charge in [-0.2, -0.15) is 0 Å². The molecular weight excluding hydrogens is 376 g/mol. The Balaban J connectivity index is 1.88. The second kappa shape index (κ2) is 8.22. The van der Waals surface area contributed by atoms with Gasteiger partial charge in [0.05, 0.1) is 18.0 Å². The van der Waals surface area contributed by atoms with E-state index in [9.17, 15) is 13.2 Å². The van der Waals surface area contributed by atoms with Crippen molar-refractivity contribution in [2.24, 2.45) is 5.92 Å². The van der Waals surface area contributed by atoms with Gasteiger partial charge in [0.25, 0.3) is 5.91 Å². The molecular formula is C21H26N2O4S. The summed E-state index contributed by atoms with van der Waals surface area (Å²) < 4.78 is 33.4. The number of carbonyl (C=O) groups is 1. The molecule has 0 spiro atoms. The Morgan fingerprint density at radius 3 is 2.43 bits per heavy atom.